The second-order valence-corrected chi connectivity index (χ2v) is 7.75. The van der Waals surface area contributed by atoms with E-state index in [1.54, 1.807) is 7.11 Å². The molecule has 0 aliphatic carbocycles. The Morgan fingerprint density at radius 1 is 1.12 bits per heavy atom. The lowest BCUT2D eigenvalue weighted by Gasteiger charge is -2.18. The smallest absolute Gasteiger partial charge is 0.251 e. The van der Waals surface area contributed by atoms with Gasteiger partial charge in [0.2, 0.25) is 0 Å². The minimum Gasteiger partial charge on any atom is -0.496 e. The maximum atomic E-state index is 12.4. The van der Waals surface area contributed by atoms with Crippen molar-refractivity contribution in [3.05, 3.63) is 59.2 Å². The van der Waals surface area contributed by atoms with Gasteiger partial charge in [-0.25, -0.2) is 8.42 Å². The molecule has 0 saturated heterocycles. The molecule has 1 atom stereocenters. The Bertz CT molecular complexity index is 842. The zero-order chi connectivity index (χ0) is 17.9. The molecule has 0 fully saturated rings. The van der Waals surface area contributed by atoms with Crippen molar-refractivity contribution in [1.29, 1.82) is 0 Å². The Morgan fingerprint density at radius 2 is 1.75 bits per heavy atom. The normalized spacial score (nSPS) is 12.5. The number of amides is 1. The van der Waals surface area contributed by atoms with E-state index in [1.165, 1.54) is 24.3 Å². The van der Waals surface area contributed by atoms with E-state index in [0.29, 0.717) is 11.3 Å². The lowest BCUT2D eigenvalue weighted by molar-refractivity contribution is 0.0939. The van der Waals surface area contributed by atoms with Gasteiger partial charge in [-0.2, -0.15) is 0 Å². The molecule has 0 radical (unpaired) electrons. The Hall–Kier alpha value is -2.34. The Balaban J connectivity index is 2.19. The highest BCUT2D eigenvalue weighted by molar-refractivity contribution is 7.90. The van der Waals surface area contributed by atoms with Crippen molar-refractivity contribution >= 4 is 15.7 Å². The molecule has 2 rings (SSSR count). The summed E-state index contributed by atoms with van der Waals surface area (Å²) in [4.78, 5) is 12.6. The van der Waals surface area contributed by atoms with Crippen molar-refractivity contribution in [3.8, 4) is 5.75 Å². The number of ether oxygens (including phenoxy) is 1. The third-order valence-electron chi connectivity index (χ3n) is 3.74. The van der Waals surface area contributed by atoms with Crippen LogP contribution in [0.1, 0.15) is 34.5 Å². The molecule has 128 valence electrons. The topological polar surface area (TPSA) is 72.5 Å². The first-order valence-electron chi connectivity index (χ1n) is 7.48. The highest BCUT2D eigenvalue weighted by atomic mass is 32.2. The van der Waals surface area contributed by atoms with E-state index in [4.69, 9.17) is 4.74 Å². The lowest BCUT2D eigenvalue weighted by Crippen LogP contribution is -2.27. The van der Waals surface area contributed by atoms with E-state index in [2.05, 4.69) is 5.32 Å². The number of carbonyl (C=O) groups is 1. The molecule has 24 heavy (non-hydrogen) atoms. The predicted octanol–water partition coefficient (Wildman–Crippen LogP) is 2.90. The van der Waals surface area contributed by atoms with E-state index < -0.39 is 9.84 Å². The third-order valence-corrected chi connectivity index (χ3v) is 4.87. The summed E-state index contributed by atoms with van der Waals surface area (Å²) >= 11 is 0. The van der Waals surface area contributed by atoms with Gasteiger partial charge in [-0.05, 0) is 44.2 Å². The summed E-state index contributed by atoms with van der Waals surface area (Å²) in [6, 6.07) is 11.4. The van der Waals surface area contributed by atoms with Crippen LogP contribution in [0.25, 0.3) is 0 Å². The predicted molar refractivity (Wildman–Crippen MR) is 93.2 cm³/mol. The van der Waals surface area contributed by atoms with Gasteiger partial charge in [0, 0.05) is 17.4 Å². The lowest BCUT2D eigenvalue weighted by atomic mass is 10.0. The van der Waals surface area contributed by atoms with Gasteiger partial charge >= 0.3 is 0 Å². The molecular weight excluding hydrogens is 326 g/mol. The van der Waals surface area contributed by atoms with Gasteiger partial charge in [-0.15, -0.1) is 0 Å². The van der Waals surface area contributed by atoms with Crippen LogP contribution in [-0.2, 0) is 9.84 Å². The second kappa shape index (κ2) is 7.05. The van der Waals surface area contributed by atoms with Gasteiger partial charge in [0.15, 0.2) is 9.84 Å². The monoisotopic (exact) mass is 347 g/mol. The van der Waals surface area contributed by atoms with E-state index in [1.807, 2.05) is 32.0 Å². The number of nitrogens with one attached hydrogen (secondary N) is 1. The maximum Gasteiger partial charge on any atom is 0.251 e. The minimum atomic E-state index is -3.27. The molecule has 0 aliphatic rings. The molecule has 0 bridgehead atoms. The largest absolute Gasteiger partial charge is 0.496 e. The Kier molecular flexibility index (Phi) is 5.29. The van der Waals surface area contributed by atoms with Crippen LogP contribution in [0.4, 0.5) is 0 Å². The van der Waals surface area contributed by atoms with Crippen molar-refractivity contribution in [1.82, 2.24) is 5.32 Å². The zero-order valence-corrected chi connectivity index (χ0v) is 15.0. The molecule has 0 spiro atoms. The molecule has 5 nitrogen and oxygen atoms in total. The summed E-state index contributed by atoms with van der Waals surface area (Å²) in [5.41, 5.74) is 2.36. The van der Waals surface area contributed by atoms with E-state index in [9.17, 15) is 13.2 Å². The first-order valence-corrected chi connectivity index (χ1v) is 9.37. The summed E-state index contributed by atoms with van der Waals surface area (Å²) < 4.78 is 28.3. The molecule has 0 unspecified atom stereocenters. The fourth-order valence-corrected chi connectivity index (χ4v) is 3.03. The molecule has 0 aromatic heterocycles. The van der Waals surface area contributed by atoms with Crippen LogP contribution in [-0.4, -0.2) is 27.7 Å². The standard InChI is InChI=1S/C18H21NO4S/c1-12-5-10-17(23-3)16(11-12)13(2)19-18(20)14-6-8-15(9-7-14)24(4,21)22/h5-11,13H,1-4H3,(H,19,20)/t13-/m1/s1. The quantitative estimate of drug-likeness (QED) is 0.903. The van der Waals surface area contributed by atoms with Gasteiger partial charge in [0.1, 0.15) is 5.75 Å². The molecule has 0 heterocycles. The van der Waals surface area contributed by atoms with Gasteiger partial charge in [-0.1, -0.05) is 17.7 Å². The molecule has 0 saturated carbocycles. The van der Waals surface area contributed by atoms with Crippen molar-refractivity contribution in [3.63, 3.8) is 0 Å². The Labute approximate surface area is 142 Å². The molecule has 1 N–H and O–H groups in total. The number of aryl methyl sites for hydroxylation is 1. The first-order chi connectivity index (χ1) is 11.2. The Morgan fingerprint density at radius 3 is 2.29 bits per heavy atom. The molecular formula is C18H21NO4S. The van der Waals surface area contributed by atoms with Crippen molar-refractivity contribution in [2.75, 3.05) is 13.4 Å². The SMILES string of the molecule is COc1ccc(C)cc1[C@@H](C)NC(=O)c1ccc(S(C)(=O)=O)cc1. The van der Waals surface area contributed by atoms with Crippen LogP contribution in [0.2, 0.25) is 0 Å². The first kappa shape index (κ1) is 18.0. The van der Waals surface area contributed by atoms with Crippen molar-refractivity contribution in [2.45, 2.75) is 24.8 Å². The van der Waals surface area contributed by atoms with E-state index >= 15 is 0 Å². The number of methoxy groups -OCH3 is 1. The fraction of sp³-hybridized carbons (Fsp3) is 0.278. The molecule has 2 aromatic carbocycles. The minimum absolute atomic E-state index is 0.187. The number of carbonyl (C=O) groups excluding carboxylic acids is 1. The van der Waals surface area contributed by atoms with Crippen molar-refractivity contribution < 1.29 is 17.9 Å². The zero-order valence-electron chi connectivity index (χ0n) is 14.2. The molecule has 0 aliphatic heterocycles. The van der Waals surface area contributed by atoms with E-state index in [0.717, 1.165) is 17.4 Å². The highest BCUT2D eigenvalue weighted by Crippen LogP contribution is 2.26. The van der Waals surface area contributed by atoms with Crippen LogP contribution in [0.5, 0.6) is 5.75 Å². The van der Waals surface area contributed by atoms with Crippen LogP contribution < -0.4 is 10.1 Å². The van der Waals surface area contributed by atoms with E-state index in [-0.39, 0.29) is 16.8 Å². The summed E-state index contributed by atoms with van der Waals surface area (Å²) in [6.07, 6.45) is 1.13. The number of benzene rings is 2. The molecule has 2 aromatic rings. The van der Waals surface area contributed by atoms with Gasteiger partial charge < -0.3 is 10.1 Å². The van der Waals surface area contributed by atoms with Crippen molar-refractivity contribution in [2.24, 2.45) is 0 Å². The summed E-state index contributed by atoms with van der Waals surface area (Å²) in [5, 5.41) is 2.90. The third kappa shape index (κ3) is 4.14. The van der Waals surface area contributed by atoms with Gasteiger partial charge in [-0.3, -0.25) is 4.79 Å². The number of hydrogen-bond acceptors (Lipinski definition) is 4. The fourth-order valence-electron chi connectivity index (χ4n) is 2.40. The van der Waals surface area contributed by atoms with Crippen LogP contribution in [0, 0.1) is 6.92 Å². The number of hydrogen-bond donors (Lipinski definition) is 1. The highest BCUT2D eigenvalue weighted by Gasteiger charge is 2.16. The average molecular weight is 347 g/mol. The van der Waals surface area contributed by atoms with Crippen LogP contribution in [0.15, 0.2) is 47.4 Å². The van der Waals surface area contributed by atoms with Crippen LogP contribution in [0.3, 0.4) is 0 Å². The van der Waals surface area contributed by atoms with Crippen LogP contribution >= 0.6 is 0 Å². The van der Waals surface area contributed by atoms with Gasteiger partial charge in [0.25, 0.3) is 5.91 Å². The average Bonchev–Trinajstić information content (AvgIpc) is 2.54. The molecule has 6 heteroatoms. The maximum absolute atomic E-state index is 12.4. The summed E-state index contributed by atoms with van der Waals surface area (Å²) in [7, 11) is -1.68. The summed E-state index contributed by atoms with van der Waals surface area (Å²) in [6.45, 7) is 3.85. The number of sulfone groups is 1. The van der Waals surface area contributed by atoms with Gasteiger partial charge in [0.05, 0.1) is 18.0 Å². The second-order valence-electron chi connectivity index (χ2n) is 5.74. The summed E-state index contributed by atoms with van der Waals surface area (Å²) in [5.74, 6) is 0.437. The molecule has 1 amide bonds. The number of rotatable bonds is 5.